The molecule has 2 fully saturated rings. The number of nitrogens with one attached hydrogen (secondary N) is 1. The fourth-order valence-corrected chi connectivity index (χ4v) is 5.11. The molecule has 2 aromatic heterocycles. The number of para-hydroxylation sites is 1. The standard InChI is InChI=1S/C28H23N3O4/c32-26(33)22-14-28(22)15-25(31-27(28)34)17-5-7-20(8-6-17)35-16-19-13-24(18-9-11-29-12-10-18)30-23-4-2-1-3-21(19)23/h1-13,22,25H,14-16H2,(H,31,34)(H,32,33)/t22-,25?,28-/m1/s1. The maximum Gasteiger partial charge on any atom is 0.307 e. The van der Waals surface area contributed by atoms with Crippen molar-refractivity contribution >= 4 is 22.8 Å². The highest BCUT2D eigenvalue weighted by Gasteiger charge is 2.67. The van der Waals surface area contributed by atoms with Crippen molar-refractivity contribution in [3.63, 3.8) is 0 Å². The number of benzene rings is 2. The molecule has 3 atom stereocenters. The monoisotopic (exact) mass is 465 g/mol. The molecule has 7 nitrogen and oxygen atoms in total. The van der Waals surface area contributed by atoms with E-state index in [9.17, 15) is 14.7 Å². The predicted octanol–water partition coefficient (Wildman–Crippen LogP) is 4.53. The van der Waals surface area contributed by atoms with Gasteiger partial charge in [0, 0.05) is 28.9 Å². The van der Waals surface area contributed by atoms with E-state index in [2.05, 4.69) is 10.3 Å². The van der Waals surface area contributed by atoms with Crippen molar-refractivity contribution in [2.45, 2.75) is 25.5 Å². The molecule has 7 heteroatoms. The Morgan fingerprint density at radius 3 is 2.57 bits per heavy atom. The van der Waals surface area contributed by atoms with E-state index in [1.807, 2.05) is 66.7 Å². The van der Waals surface area contributed by atoms with Crippen molar-refractivity contribution in [1.82, 2.24) is 15.3 Å². The molecule has 0 bridgehead atoms. The van der Waals surface area contributed by atoms with Gasteiger partial charge in [-0.15, -0.1) is 0 Å². The Balaban J connectivity index is 1.19. The molecule has 174 valence electrons. The lowest BCUT2D eigenvalue weighted by atomic mass is 9.95. The largest absolute Gasteiger partial charge is 0.489 e. The van der Waals surface area contributed by atoms with Gasteiger partial charge in [-0.25, -0.2) is 4.98 Å². The van der Waals surface area contributed by atoms with E-state index in [-0.39, 0.29) is 11.9 Å². The number of hydrogen-bond donors (Lipinski definition) is 2. The lowest BCUT2D eigenvalue weighted by molar-refractivity contribution is -0.141. The van der Waals surface area contributed by atoms with Crippen molar-refractivity contribution < 1.29 is 19.4 Å². The SMILES string of the molecule is O=C(O)[C@H]1C[C@@]12CC(c1ccc(OCc3cc(-c4ccncc4)nc4ccccc34)cc1)NC2=O. The van der Waals surface area contributed by atoms with Crippen LogP contribution in [0.1, 0.15) is 30.0 Å². The van der Waals surface area contributed by atoms with Crippen LogP contribution >= 0.6 is 0 Å². The molecule has 1 saturated carbocycles. The maximum atomic E-state index is 12.4. The summed E-state index contributed by atoms with van der Waals surface area (Å²) < 4.78 is 6.13. The highest BCUT2D eigenvalue weighted by molar-refractivity contribution is 5.95. The molecular formula is C28H23N3O4. The van der Waals surface area contributed by atoms with Gasteiger partial charge < -0.3 is 15.2 Å². The summed E-state index contributed by atoms with van der Waals surface area (Å²) in [6.45, 7) is 0.379. The highest BCUT2D eigenvalue weighted by Crippen LogP contribution is 2.60. The zero-order chi connectivity index (χ0) is 24.0. The number of carboxylic acid groups (broad SMARTS) is 1. The van der Waals surface area contributed by atoms with Gasteiger partial charge in [-0.1, -0.05) is 30.3 Å². The van der Waals surface area contributed by atoms with Gasteiger partial charge in [0.2, 0.25) is 5.91 Å². The van der Waals surface area contributed by atoms with Crippen molar-refractivity contribution in [2.75, 3.05) is 0 Å². The molecule has 4 aromatic rings. The van der Waals surface area contributed by atoms with Crippen LogP contribution in [0, 0.1) is 11.3 Å². The number of rotatable bonds is 6. The molecule has 1 saturated heterocycles. The highest BCUT2D eigenvalue weighted by atomic mass is 16.5. The summed E-state index contributed by atoms with van der Waals surface area (Å²) in [5, 5.41) is 13.3. The third-order valence-corrected chi connectivity index (χ3v) is 7.15. The second-order valence-electron chi connectivity index (χ2n) is 9.26. The van der Waals surface area contributed by atoms with Crippen LogP contribution in [0.25, 0.3) is 22.2 Å². The van der Waals surface area contributed by atoms with Crippen LogP contribution in [-0.2, 0) is 16.2 Å². The molecule has 1 aliphatic heterocycles. The third-order valence-electron chi connectivity index (χ3n) is 7.15. The van der Waals surface area contributed by atoms with Crippen LogP contribution in [0.2, 0.25) is 0 Å². The normalized spacial score (nSPS) is 22.8. The second kappa shape index (κ2) is 8.20. The van der Waals surface area contributed by atoms with Gasteiger partial charge in [0.15, 0.2) is 0 Å². The summed E-state index contributed by atoms with van der Waals surface area (Å²) >= 11 is 0. The average Bonchev–Trinajstić information content (AvgIpc) is 3.54. The van der Waals surface area contributed by atoms with Crippen molar-refractivity contribution in [3.8, 4) is 17.0 Å². The number of carbonyl (C=O) groups is 2. The van der Waals surface area contributed by atoms with Crippen LogP contribution < -0.4 is 10.1 Å². The number of amides is 1. The van der Waals surface area contributed by atoms with Gasteiger partial charge in [0.05, 0.1) is 28.6 Å². The molecule has 3 heterocycles. The first kappa shape index (κ1) is 21.3. The number of ether oxygens (including phenoxy) is 1. The summed E-state index contributed by atoms with van der Waals surface area (Å²) in [5.74, 6) is -0.888. The van der Waals surface area contributed by atoms with Gasteiger partial charge >= 0.3 is 5.97 Å². The average molecular weight is 466 g/mol. The summed E-state index contributed by atoms with van der Waals surface area (Å²) in [5.41, 5.74) is 4.01. The lowest BCUT2D eigenvalue weighted by Crippen LogP contribution is -2.24. The third kappa shape index (κ3) is 3.79. The zero-order valence-electron chi connectivity index (χ0n) is 18.8. The topological polar surface area (TPSA) is 101 Å². The maximum absolute atomic E-state index is 12.4. The van der Waals surface area contributed by atoms with E-state index in [0.717, 1.165) is 33.3 Å². The Hall–Kier alpha value is -4.26. The Kier molecular flexibility index (Phi) is 4.99. The number of aromatic nitrogens is 2. The molecule has 2 aromatic carbocycles. The lowest BCUT2D eigenvalue weighted by Gasteiger charge is -2.13. The van der Waals surface area contributed by atoms with Crippen LogP contribution in [0.15, 0.2) is 79.1 Å². The first-order valence-corrected chi connectivity index (χ1v) is 11.6. The van der Waals surface area contributed by atoms with Gasteiger partial charge in [-0.2, -0.15) is 0 Å². The van der Waals surface area contributed by atoms with Gasteiger partial charge in [0.25, 0.3) is 0 Å². The zero-order valence-corrected chi connectivity index (χ0v) is 18.8. The fourth-order valence-electron chi connectivity index (χ4n) is 5.11. The Labute approximate surface area is 201 Å². The minimum Gasteiger partial charge on any atom is -0.489 e. The van der Waals surface area contributed by atoms with Crippen molar-refractivity contribution in [2.24, 2.45) is 11.3 Å². The number of hydrogen-bond acceptors (Lipinski definition) is 5. The van der Waals surface area contributed by atoms with E-state index in [1.54, 1.807) is 12.4 Å². The molecule has 1 amide bonds. The summed E-state index contributed by atoms with van der Waals surface area (Å²) in [7, 11) is 0. The summed E-state index contributed by atoms with van der Waals surface area (Å²) in [6.07, 6.45) is 4.45. The van der Waals surface area contributed by atoms with Crippen molar-refractivity contribution in [1.29, 1.82) is 0 Å². The molecule has 1 spiro atoms. The van der Waals surface area contributed by atoms with Crippen LogP contribution in [0.4, 0.5) is 0 Å². The van der Waals surface area contributed by atoms with E-state index in [0.29, 0.717) is 25.2 Å². The van der Waals surface area contributed by atoms with Gasteiger partial charge in [-0.3, -0.25) is 14.6 Å². The van der Waals surface area contributed by atoms with Gasteiger partial charge in [-0.05, 0) is 54.8 Å². The Bertz CT molecular complexity index is 1440. The molecule has 0 radical (unpaired) electrons. The van der Waals surface area contributed by atoms with E-state index in [1.165, 1.54) is 0 Å². The summed E-state index contributed by atoms with van der Waals surface area (Å²) in [6, 6.07) is 21.4. The minimum atomic E-state index is -0.889. The molecule has 1 unspecified atom stereocenters. The first-order chi connectivity index (χ1) is 17.0. The molecular weight excluding hydrogens is 442 g/mol. The molecule has 35 heavy (non-hydrogen) atoms. The van der Waals surface area contributed by atoms with Crippen molar-refractivity contribution in [3.05, 3.63) is 90.3 Å². The second-order valence-corrected chi connectivity index (χ2v) is 9.26. The Morgan fingerprint density at radius 2 is 1.83 bits per heavy atom. The van der Waals surface area contributed by atoms with Crippen LogP contribution in [-0.4, -0.2) is 27.0 Å². The number of fused-ring (bicyclic) bond motifs is 1. The van der Waals surface area contributed by atoms with Crippen LogP contribution in [0.5, 0.6) is 5.75 Å². The van der Waals surface area contributed by atoms with E-state index in [4.69, 9.17) is 9.72 Å². The molecule has 2 N–H and O–H groups in total. The fraction of sp³-hybridized carbons (Fsp3) is 0.214. The smallest absolute Gasteiger partial charge is 0.307 e. The number of carboxylic acids is 1. The molecule has 6 rings (SSSR count). The summed E-state index contributed by atoms with van der Waals surface area (Å²) in [4.78, 5) is 32.6. The molecule has 2 aliphatic rings. The number of pyridine rings is 2. The Morgan fingerprint density at radius 1 is 1.06 bits per heavy atom. The van der Waals surface area contributed by atoms with E-state index < -0.39 is 17.3 Å². The number of carbonyl (C=O) groups excluding carboxylic acids is 1. The van der Waals surface area contributed by atoms with E-state index >= 15 is 0 Å². The quantitative estimate of drug-likeness (QED) is 0.434. The number of aliphatic carboxylic acids is 1. The van der Waals surface area contributed by atoms with Crippen LogP contribution in [0.3, 0.4) is 0 Å². The molecule has 1 aliphatic carbocycles. The minimum absolute atomic E-state index is 0.148. The van der Waals surface area contributed by atoms with Gasteiger partial charge in [0.1, 0.15) is 12.4 Å². The predicted molar refractivity (Wildman–Crippen MR) is 129 cm³/mol. The first-order valence-electron chi connectivity index (χ1n) is 11.6. The number of nitrogens with zero attached hydrogens (tertiary/aromatic N) is 2.